The average molecular weight is 202 g/mol. The molecular formula is C10H18O4. The van der Waals surface area contributed by atoms with Crippen molar-refractivity contribution < 1.29 is 19.4 Å². The van der Waals surface area contributed by atoms with Crippen LogP contribution < -0.4 is 0 Å². The minimum absolute atomic E-state index is 0.465. The highest BCUT2D eigenvalue weighted by Crippen LogP contribution is 2.17. The Kier molecular flexibility index (Phi) is 4.10. The third-order valence-corrected chi connectivity index (χ3v) is 1.92. The van der Waals surface area contributed by atoms with Gasteiger partial charge >= 0.3 is 11.9 Å². The first-order chi connectivity index (χ1) is 6.15. The second-order valence-electron chi connectivity index (χ2n) is 4.45. The molecule has 82 valence electrons. The van der Waals surface area contributed by atoms with Crippen molar-refractivity contribution in [3.05, 3.63) is 0 Å². The Bertz CT molecular complexity index is 227. The zero-order valence-corrected chi connectivity index (χ0v) is 9.33. The van der Waals surface area contributed by atoms with E-state index in [1.54, 1.807) is 27.7 Å². The Morgan fingerprint density at radius 2 is 1.57 bits per heavy atom. The smallest absolute Gasteiger partial charge is 0.310 e. The molecule has 0 aromatic rings. The molecule has 0 heterocycles. The second-order valence-corrected chi connectivity index (χ2v) is 4.45. The monoisotopic (exact) mass is 202 g/mol. The molecule has 0 bridgehead atoms. The lowest BCUT2D eigenvalue weighted by molar-refractivity contribution is -0.165. The van der Waals surface area contributed by atoms with Gasteiger partial charge in [0.15, 0.2) is 0 Å². The van der Waals surface area contributed by atoms with E-state index in [1.807, 2.05) is 0 Å². The number of rotatable bonds is 3. The van der Waals surface area contributed by atoms with Gasteiger partial charge in [0.25, 0.3) is 0 Å². The van der Waals surface area contributed by atoms with Crippen LogP contribution in [0.1, 0.15) is 34.6 Å². The molecule has 14 heavy (non-hydrogen) atoms. The van der Waals surface area contributed by atoms with Crippen molar-refractivity contribution in [3.8, 4) is 0 Å². The van der Waals surface area contributed by atoms with Crippen LogP contribution >= 0.6 is 0 Å². The predicted octanol–water partition coefficient (Wildman–Crippen LogP) is 1.68. The van der Waals surface area contributed by atoms with E-state index in [4.69, 9.17) is 9.84 Å². The summed E-state index contributed by atoms with van der Waals surface area (Å²) in [5.74, 6) is -2.78. The topological polar surface area (TPSA) is 63.6 Å². The molecule has 0 rings (SSSR count). The molecule has 0 aliphatic carbocycles. The lowest BCUT2D eigenvalue weighted by Crippen LogP contribution is -2.32. The van der Waals surface area contributed by atoms with E-state index in [-0.39, 0.29) is 0 Å². The Morgan fingerprint density at radius 1 is 1.14 bits per heavy atom. The fourth-order valence-corrected chi connectivity index (χ4v) is 0.813. The minimum Gasteiger partial charge on any atom is -0.481 e. The number of ether oxygens (including phenoxy) is 1. The van der Waals surface area contributed by atoms with Crippen molar-refractivity contribution in [1.82, 2.24) is 0 Å². The first-order valence-corrected chi connectivity index (χ1v) is 4.61. The van der Waals surface area contributed by atoms with Gasteiger partial charge in [-0.15, -0.1) is 0 Å². The molecule has 0 fully saturated rings. The van der Waals surface area contributed by atoms with Crippen molar-refractivity contribution in [3.63, 3.8) is 0 Å². The van der Waals surface area contributed by atoms with Crippen molar-refractivity contribution in [2.45, 2.75) is 40.2 Å². The molecule has 0 amide bonds. The fourth-order valence-electron chi connectivity index (χ4n) is 0.813. The number of carbonyl (C=O) groups excluding carboxylic acids is 1. The van der Waals surface area contributed by atoms with Gasteiger partial charge < -0.3 is 9.84 Å². The van der Waals surface area contributed by atoms with E-state index >= 15 is 0 Å². The summed E-state index contributed by atoms with van der Waals surface area (Å²) in [4.78, 5) is 22.0. The molecule has 0 aliphatic heterocycles. The van der Waals surface area contributed by atoms with Gasteiger partial charge in [-0.05, 0) is 20.8 Å². The highest BCUT2D eigenvalue weighted by atomic mass is 16.6. The molecule has 0 saturated heterocycles. The van der Waals surface area contributed by atoms with E-state index in [2.05, 4.69) is 0 Å². The highest BCUT2D eigenvalue weighted by Gasteiger charge is 2.29. The fraction of sp³-hybridized carbons (Fsp3) is 0.800. The van der Waals surface area contributed by atoms with Gasteiger partial charge in [-0.2, -0.15) is 0 Å². The Hall–Kier alpha value is -1.06. The average Bonchev–Trinajstić information content (AvgIpc) is 1.98. The Labute approximate surface area is 84.3 Å². The molecule has 0 saturated carbocycles. The number of aliphatic carboxylic acids is 1. The van der Waals surface area contributed by atoms with Gasteiger partial charge in [0.2, 0.25) is 0 Å². The van der Waals surface area contributed by atoms with E-state index in [9.17, 15) is 9.59 Å². The summed E-state index contributed by atoms with van der Waals surface area (Å²) in [6.07, 6.45) is 0. The molecule has 0 aromatic carbocycles. The van der Waals surface area contributed by atoms with E-state index in [0.29, 0.717) is 0 Å². The Balaban J connectivity index is 4.33. The van der Waals surface area contributed by atoms with Crippen LogP contribution in [0, 0.1) is 11.8 Å². The van der Waals surface area contributed by atoms with Crippen LogP contribution in [0.3, 0.4) is 0 Å². The van der Waals surface area contributed by atoms with Gasteiger partial charge in [0.05, 0.1) is 11.8 Å². The van der Waals surface area contributed by atoms with E-state index < -0.39 is 29.4 Å². The lowest BCUT2D eigenvalue weighted by Gasteiger charge is -2.23. The van der Waals surface area contributed by atoms with Crippen LogP contribution in [0.25, 0.3) is 0 Å². The maximum atomic E-state index is 11.4. The van der Waals surface area contributed by atoms with Crippen LogP contribution in [-0.2, 0) is 14.3 Å². The number of esters is 1. The molecule has 2 atom stereocenters. The van der Waals surface area contributed by atoms with Crippen LogP contribution in [0.15, 0.2) is 0 Å². The van der Waals surface area contributed by atoms with Crippen LogP contribution in [0.4, 0.5) is 0 Å². The van der Waals surface area contributed by atoms with Crippen molar-refractivity contribution in [1.29, 1.82) is 0 Å². The molecule has 0 spiro atoms. The number of carboxylic acid groups (broad SMARTS) is 1. The first kappa shape index (κ1) is 12.9. The quantitative estimate of drug-likeness (QED) is 0.707. The molecule has 1 N–H and O–H groups in total. The van der Waals surface area contributed by atoms with Gasteiger partial charge in [-0.1, -0.05) is 13.8 Å². The van der Waals surface area contributed by atoms with Crippen LogP contribution in [0.5, 0.6) is 0 Å². The molecule has 4 nitrogen and oxygen atoms in total. The zero-order chi connectivity index (χ0) is 11.5. The molecule has 0 radical (unpaired) electrons. The second kappa shape index (κ2) is 4.44. The summed E-state index contributed by atoms with van der Waals surface area (Å²) in [6, 6.07) is 0. The third kappa shape index (κ3) is 4.25. The largest absolute Gasteiger partial charge is 0.481 e. The highest BCUT2D eigenvalue weighted by molar-refractivity contribution is 5.80. The van der Waals surface area contributed by atoms with Gasteiger partial charge in [-0.3, -0.25) is 9.59 Å². The standard InChI is InChI=1S/C10H18O4/c1-6(8(11)12)7(2)9(13)14-10(3,4)5/h6-7H,1-5H3,(H,11,12). The number of hydrogen-bond donors (Lipinski definition) is 1. The van der Waals surface area contributed by atoms with Crippen molar-refractivity contribution in [2.24, 2.45) is 11.8 Å². The number of hydrogen-bond acceptors (Lipinski definition) is 3. The predicted molar refractivity (Wildman–Crippen MR) is 51.8 cm³/mol. The maximum Gasteiger partial charge on any atom is 0.310 e. The van der Waals surface area contributed by atoms with Gasteiger partial charge in [0.1, 0.15) is 5.60 Å². The third-order valence-electron chi connectivity index (χ3n) is 1.92. The summed E-state index contributed by atoms with van der Waals surface area (Å²) >= 11 is 0. The van der Waals surface area contributed by atoms with Crippen molar-refractivity contribution in [2.75, 3.05) is 0 Å². The van der Waals surface area contributed by atoms with Crippen molar-refractivity contribution >= 4 is 11.9 Å². The summed E-state index contributed by atoms with van der Waals surface area (Å²) in [7, 11) is 0. The minimum atomic E-state index is -0.983. The van der Waals surface area contributed by atoms with E-state index in [0.717, 1.165) is 0 Å². The molecule has 4 heteroatoms. The van der Waals surface area contributed by atoms with Gasteiger partial charge in [-0.25, -0.2) is 0 Å². The SMILES string of the molecule is CC(C(=O)O)C(C)C(=O)OC(C)(C)C. The normalized spacial score (nSPS) is 15.8. The number of carbonyl (C=O) groups is 2. The maximum absolute atomic E-state index is 11.4. The summed E-state index contributed by atoms with van der Waals surface area (Å²) in [5, 5.41) is 8.69. The number of carboxylic acids is 1. The van der Waals surface area contributed by atoms with E-state index in [1.165, 1.54) is 6.92 Å². The summed E-state index contributed by atoms with van der Waals surface area (Å²) in [6.45, 7) is 8.32. The first-order valence-electron chi connectivity index (χ1n) is 4.61. The van der Waals surface area contributed by atoms with Gasteiger partial charge in [0, 0.05) is 0 Å². The molecule has 0 aliphatic rings. The summed E-state index contributed by atoms with van der Waals surface area (Å²) < 4.78 is 5.07. The molecule has 0 aromatic heterocycles. The zero-order valence-electron chi connectivity index (χ0n) is 9.33. The van der Waals surface area contributed by atoms with Crippen LogP contribution in [0.2, 0.25) is 0 Å². The Morgan fingerprint density at radius 3 is 1.86 bits per heavy atom. The lowest BCUT2D eigenvalue weighted by atomic mass is 9.96. The molecular weight excluding hydrogens is 184 g/mol. The molecule has 2 unspecified atom stereocenters. The summed E-state index contributed by atoms with van der Waals surface area (Å²) in [5.41, 5.74) is -0.566. The van der Waals surface area contributed by atoms with Crippen LogP contribution in [-0.4, -0.2) is 22.6 Å².